The summed E-state index contributed by atoms with van der Waals surface area (Å²) in [6.07, 6.45) is -6.75. The average Bonchev–Trinajstić information content (AvgIpc) is 3.16. The molecule has 4 rings (SSSR count). The number of imidazole rings is 1. The number of carbonyl (C=O) groups excluding carboxylic acids is 2. The van der Waals surface area contributed by atoms with Gasteiger partial charge in [-0.1, -0.05) is 0 Å². The number of anilines is 3. The van der Waals surface area contributed by atoms with Gasteiger partial charge in [0.15, 0.2) is 5.82 Å². The molecule has 0 aliphatic rings. The van der Waals surface area contributed by atoms with E-state index in [4.69, 9.17) is 9.47 Å². The normalized spacial score (nSPS) is 12.3. The number of halogens is 4. The predicted octanol–water partition coefficient (Wildman–Crippen LogP) is 7.70. The van der Waals surface area contributed by atoms with Crippen LogP contribution in [0, 0.1) is 12.7 Å². The van der Waals surface area contributed by atoms with Crippen LogP contribution in [0.1, 0.15) is 52.9 Å². The minimum absolute atomic E-state index is 0.0190. The van der Waals surface area contributed by atoms with Gasteiger partial charge in [0.25, 0.3) is 0 Å². The molecule has 14 heteroatoms. The van der Waals surface area contributed by atoms with Crippen molar-refractivity contribution in [2.24, 2.45) is 0 Å². The molecule has 0 aliphatic carbocycles. The van der Waals surface area contributed by atoms with Crippen LogP contribution in [0.25, 0.3) is 17.0 Å². The zero-order valence-corrected chi connectivity index (χ0v) is 24.5. The Hall–Kier alpha value is -4.75. The first-order chi connectivity index (χ1) is 19.8. The zero-order valence-electron chi connectivity index (χ0n) is 24.5. The molecule has 0 saturated heterocycles. The number of imide groups is 1. The first-order valence-corrected chi connectivity index (χ1v) is 13.1. The molecule has 2 aromatic heterocycles. The molecule has 2 heterocycles. The Morgan fingerprint density at radius 1 is 0.837 bits per heavy atom. The number of carbonyl (C=O) groups is 2. The van der Waals surface area contributed by atoms with Crippen LogP contribution in [0.2, 0.25) is 0 Å². The number of amides is 2. The van der Waals surface area contributed by atoms with Gasteiger partial charge in [0.05, 0.1) is 16.6 Å². The van der Waals surface area contributed by atoms with Crippen molar-refractivity contribution in [2.75, 3.05) is 10.2 Å². The standard InChI is InChI=1S/C29H30F4N6O4/c1-16-34-20-13-10-18(30)14-21(20)38(16)24-36-22(35-19-11-8-17(9-12-19)29(31,32)33)15-23(37-24)39(25(40)42-27(2,3)4)26(41)43-28(5,6)7/h8-15H,1-7H3,(H,35,36,37). The molecule has 0 bridgehead atoms. The Morgan fingerprint density at radius 3 is 1.95 bits per heavy atom. The van der Waals surface area contributed by atoms with Gasteiger partial charge in [-0.05, 0) is 84.9 Å². The van der Waals surface area contributed by atoms with E-state index in [2.05, 4.69) is 20.3 Å². The van der Waals surface area contributed by atoms with Gasteiger partial charge in [-0.25, -0.2) is 19.0 Å². The molecule has 10 nitrogen and oxygen atoms in total. The molecular weight excluding hydrogens is 572 g/mol. The van der Waals surface area contributed by atoms with Crippen LogP contribution in [0.3, 0.4) is 0 Å². The average molecular weight is 603 g/mol. The van der Waals surface area contributed by atoms with Gasteiger partial charge in [0.1, 0.15) is 28.7 Å². The van der Waals surface area contributed by atoms with Crippen molar-refractivity contribution in [3.8, 4) is 5.95 Å². The molecule has 0 aliphatic heterocycles. The maximum absolute atomic E-state index is 14.3. The number of rotatable bonds is 4. The SMILES string of the molecule is Cc1nc2ccc(F)cc2n1-c1nc(Nc2ccc(C(F)(F)F)cc2)cc(N(C(=O)OC(C)(C)C)C(=O)OC(C)(C)C)n1. The fourth-order valence-corrected chi connectivity index (χ4v) is 3.89. The van der Waals surface area contributed by atoms with Gasteiger partial charge in [0, 0.05) is 17.8 Å². The number of alkyl halides is 3. The molecular formula is C29H30F4N6O4. The lowest BCUT2D eigenvalue weighted by atomic mass is 10.2. The number of nitrogens with one attached hydrogen (secondary N) is 1. The Bertz CT molecular complexity index is 1640. The Labute approximate surface area is 244 Å². The van der Waals surface area contributed by atoms with Crippen molar-refractivity contribution in [1.82, 2.24) is 19.5 Å². The van der Waals surface area contributed by atoms with E-state index in [0.29, 0.717) is 16.2 Å². The lowest BCUT2D eigenvalue weighted by Crippen LogP contribution is -2.44. The van der Waals surface area contributed by atoms with Gasteiger partial charge in [-0.15, -0.1) is 0 Å². The number of nitrogens with zero attached hydrogens (tertiary/aromatic N) is 5. The van der Waals surface area contributed by atoms with Gasteiger partial charge < -0.3 is 14.8 Å². The lowest BCUT2D eigenvalue weighted by Gasteiger charge is -2.28. The van der Waals surface area contributed by atoms with Gasteiger partial charge in [-0.3, -0.25) is 4.57 Å². The van der Waals surface area contributed by atoms with Crippen LogP contribution in [-0.4, -0.2) is 42.9 Å². The summed E-state index contributed by atoms with van der Waals surface area (Å²) in [5, 5.41) is 2.88. The largest absolute Gasteiger partial charge is 0.443 e. The fraction of sp³-hybridized carbons (Fsp3) is 0.345. The molecule has 1 N–H and O–H groups in total. The number of fused-ring (bicyclic) bond motifs is 1. The lowest BCUT2D eigenvalue weighted by molar-refractivity contribution is -0.137. The highest BCUT2D eigenvalue weighted by Crippen LogP contribution is 2.31. The van der Waals surface area contributed by atoms with Gasteiger partial charge in [0.2, 0.25) is 5.95 Å². The Balaban J connectivity index is 1.91. The molecule has 43 heavy (non-hydrogen) atoms. The summed E-state index contributed by atoms with van der Waals surface area (Å²) in [5.74, 6) is -0.652. The molecule has 0 radical (unpaired) electrons. The van der Waals surface area contributed by atoms with E-state index in [1.165, 1.54) is 41.0 Å². The Kier molecular flexibility index (Phi) is 8.09. The van der Waals surface area contributed by atoms with E-state index in [9.17, 15) is 27.2 Å². The summed E-state index contributed by atoms with van der Waals surface area (Å²) in [5.41, 5.74) is -1.96. The van der Waals surface area contributed by atoms with Crippen LogP contribution in [0.5, 0.6) is 0 Å². The van der Waals surface area contributed by atoms with Gasteiger partial charge in [-0.2, -0.15) is 28.0 Å². The van der Waals surface area contributed by atoms with Crippen molar-refractivity contribution in [3.63, 3.8) is 0 Å². The second-order valence-corrected chi connectivity index (χ2v) is 11.5. The summed E-state index contributed by atoms with van der Waals surface area (Å²) in [7, 11) is 0. The maximum atomic E-state index is 14.3. The number of ether oxygens (including phenoxy) is 2. The van der Waals surface area contributed by atoms with Crippen molar-refractivity contribution in [2.45, 2.75) is 65.8 Å². The van der Waals surface area contributed by atoms with E-state index in [-0.39, 0.29) is 28.8 Å². The summed E-state index contributed by atoms with van der Waals surface area (Å²) in [4.78, 5) is 40.6. The highest BCUT2D eigenvalue weighted by molar-refractivity contribution is 6.09. The number of aryl methyl sites for hydroxylation is 1. The van der Waals surface area contributed by atoms with E-state index in [0.717, 1.165) is 12.1 Å². The molecule has 0 unspecified atom stereocenters. The van der Waals surface area contributed by atoms with Crippen molar-refractivity contribution in [3.05, 3.63) is 65.7 Å². The van der Waals surface area contributed by atoms with Crippen molar-refractivity contribution in [1.29, 1.82) is 0 Å². The van der Waals surface area contributed by atoms with E-state index < -0.39 is 40.9 Å². The topological polar surface area (TPSA) is 111 Å². The highest BCUT2D eigenvalue weighted by atomic mass is 19.4. The summed E-state index contributed by atoms with van der Waals surface area (Å²) in [6.45, 7) is 11.3. The van der Waals surface area contributed by atoms with Crippen LogP contribution in [0.4, 0.5) is 44.5 Å². The first-order valence-electron chi connectivity index (χ1n) is 13.1. The monoisotopic (exact) mass is 602 g/mol. The minimum Gasteiger partial charge on any atom is -0.443 e. The Morgan fingerprint density at radius 2 is 1.42 bits per heavy atom. The van der Waals surface area contributed by atoms with E-state index in [1.807, 2.05) is 0 Å². The van der Waals surface area contributed by atoms with Gasteiger partial charge >= 0.3 is 18.4 Å². The number of aromatic nitrogens is 4. The van der Waals surface area contributed by atoms with E-state index >= 15 is 0 Å². The first kappa shape index (κ1) is 31.2. The molecule has 0 fully saturated rings. The predicted molar refractivity (Wildman–Crippen MR) is 151 cm³/mol. The number of hydrogen-bond acceptors (Lipinski definition) is 8. The molecule has 2 amide bonds. The van der Waals surface area contributed by atoms with Crippen LogP contribution >= 0.6 is 0 Å². The number of benzene rings is 2. The number of hydrogen-bond donors (Lipinski definition) is 1. The summed E-state index contributed by atoms with van der Waals surface area (Å²) in [6, 6.07) is 9.30. The zero-order chi connectivity index (χ0) is 31.9. The minimum atomic E-state index is -4.54. The molecule has 0 saturated carbocycles. The van der Waals surface area contributed by atoms with E-state index in [1.54, 1.807) is 48.5 Å². The second-order valence-electron chi connectivity index (χ2n) is 11.5. The fourth-order valence-electron chi connectivity index (χ4n) is 3.89. The molecule has 2 aromatic carbocycles. The maximum Gasteiger partial charge on any atom is 0.425 e. The molecule has 228 valence electrons. The van der Waals surface area contributed by atoms with Crippen molar-refractivity contribution < 1.29 is 36.6 Å². The molecule has 0 atom stereocenters. The van der Waals surface area contributed by atoms with Crippen LogP contribution in [0.15, 0.2) is 48.5 Å². The third kappa shape index (κ3) is 7.56. The third-order valence-electron chi connectivity index (χ3n) is 5.55. The highest BCUT2D eigenvalue weighted by Gasteiger charge is 2.35. The van der Waals surface area contributed by atoms with Crippen molar-refractivity contribution >= 4 is 40.5 Å². The van der Waals surface area contributed by atoms with Crippen LogP contribution in [-0.2, 0) is 15.7 Å². The third-order valence-corrected chi connectivity index (χ3v) is 5.55. The second kappa shape index (κ2) is 11.2. The summed E-state index contributed by atoms with van der Waals surface area (Å²) >= 11 is 0. The molecule has 4 aromatic rings. The quantitative estimate of drug-likeness (QED) is 0.237. The smallest absolute Gasteiger partial charge is 0.425 e. The summed E-state index contributed by atoms with van der Waals surface area (Å²) < 4.78 is 65.9. The van der Waals surface area contributed by atoms with Crippen LogP contribution < -0.4 is 10.2 Å². The molecule has 0 spiro atoms.